The maximum atomic E-state index is 11.2. The number of nitrogens with one attached hydrogen (secondary N) is 2. The molecule has 0 aliphatic heterocycles. The predicted octanol–water partition coefficient (Wildman–Crippen LogP) is 5.74. The van der Waals surface area contributed by atoms with Crippen molar-refractivity contribution in [3.63, 3.8) is 0 Å². The number of aromatic hydroxyl groups is 1. The molecule has 5 aromatic rings. The maximum Gasteiger partial charge on any atom is 0.270 e. The monoisotopic (exact) mass is 377 g/mol. The number of aromatic amines is 2. The summed E-state index contributed by atoms with van der Waals surface area (Å²) in [7, 11) is 0. The number of benzene rings is 3. The highest BCUT2D eigenvalue weighted by Crippen LogP contribution is 2.41. The standard InChI is InChI=1S/C20H12ClN3O3/c21-17-3-1-10(24(26)27)5-13(17)12-7-19-20(16-9-22-8-15(12)16)14-6-11(25)2-4-18(14)23-19/h1-9,22-23,25H. The molecule has 0 atom stereocenters. The van der Waals surface area contributed by atoms with Crippen molar-refractivity contribution in [1.82, 2.24) is 9.97 Å². The first kappa shape index (κ1) is 15.7. The number of non-ortho nitro benzene ring substituents is 1. The quantitative estimate of drug-likeness (QED) is 0.270. The number of phenols is 1. The summed E-state index contributed by atoms with van der Waals surface area (Å²) >= 11 is 6.38. The van der Waals surface area contributed by atoms with Crippen LogP contribution in [-0.2, 0) is 0 Å². The van der Waals surface area contributed by atoms with Gasteiger partial charge >= 0.3 is 0 Å². The number of fused-ring (bicyclic) bond motifs is 5. The Kier molecular flexibility index (Phi) is 3.20. The first-order valence-electron chi connectivity index (χ1n) is 8.21. The average Bonchev–Trinajstić information content (AvgIpc) is 3.25. The van der Waals surface area contributed by atoms with Crippen LogP contribution < -0.4 is 0 Å². The minimum Gasteiger partial charge on any atom is -0.508 e. The van der Waals surface area contributed by atoms with Crippen molar-refractivity contribution in [3.05, 3.63) is 70.0 Å². The third-order valence-corrected chi connectivity index (χ3v) is 5.19. The first-order chi connectivity index (χ1) is 13.0. The lowest BCUT2D eigenvalue weighted by atomic mass is 9.97. The van der Waals surface area contributed by atoms with Crippen molar-refractivity contribution in [2.75, 3.05) is 0 Å². The second-order valence-corrected chi connectivity index (χ2v) is 6.81. The van der Waals surface area contributed by atoms with Crippen molar-refractivity contribution in [3.8, 4) is 16.9 Å². The van der Waals surface area contributed by atoms with Gasteiger partial charge < -0.3 is 15.1 Å². The minimum absolute atomic E-state index is 0.0141. The van der Waals surface area contributed by atoms with Gasteiger partial charge in [-0.05, 0) is 35.9 Å². The molecule has 27 heavy (non-hydrogen) atoms. The molecule has 0 aliphatic rings. The van der Waals surface area contributed by atoms with Gasteiger partial charge in [-0.15, -0.1) is 0 Å². The number of aromatic nitrogens is 2. The van der Waals surface area contributed by atoms with Crippen LogP contribution in [0.5, 0.6) is 5.75 Å². The molecule has 0 unspecified atom stereocenters. The number of H-pyrrole nitrogens is 2. The third-order valence-electron chi connectivity index (χ3n) is 4.86. The second-order valence-electron chi connectivity index (χ2n) is 6.41. The van der Waals surface area contributed by atoms with Crippen LogP contribution in [0.1, 0.15) is 0 Å². The lowest BCUT2D eigenvalue weighted by Gasteiger charge is -2.08. The fourth-order valence-electron chi connectivity index (χ4n) is 3.67. The van der Waals surface area contributed by atoms with Gasteiger partial charge in [0, 0.05) is 67.7 Å². The number of hydrogen-bond donors (Lipinski definition) is 3. The van der Waals surface area contributed by atoms with E-state index in [9.17, 15) is 15.2 Å². The van der Waals surface area contributed by atoms with Crippen LogP contribution >= 0.6 is 11.6 Å². The van der Waals surface area contributed by atoms with E-state index in [0.29, 0.717) is 10.6 Å². The number of halogens is 1. The Morgan fingerprint density at radius 3 is 2.56 bits per heavy atom. The largest absolute Gasteiger partial charge is 0.508 e. The lowest BCUT2D eigenvalue weighted by molar-refractivity contribution is -0.384. The maximum absolute atomic E-state index is 11.2. The van der Waals surface area contributed by atoms with Crippen LogP contribution in [0.4, 0.5) is 5.69 Å². The van der Waals surface area contributed by atoms with E-state index in [4.69, 9.17) is 11.6 Å². The summed E-state index contributed by atoms with van der Waals surface area (Å²) in [6.45, 7) is 0. The third kappa shape index (κ3) is 2.27. The summed E-state index contributed by atoms with van der Waals surface area (Å²) in [6, 6.07) is 11.5. The molecule has 0 amide bonds. The van der Waals surface area contributed by atoms with Crippen molar-refractivity contribution < 1.29 is 10.0 Å². The van der Waals surface area contributed by atoms with Crippen molar-refractivity contribution in [2.45, 2.75) is 0 Å². The van der Waals surface area contributed by atoms with Crippen LogP contribution in [0, 0.1) is 10.1 Å². The summed E-state index contributed by atoms with van der Waals surface area (Å²) in [5, 5.41) is 25.2. The molecule has 0 saturated carbocycles. The van der Waals surface area contributed by atoms with Crippen molar-refractivity contribution in [2.24, 2.45) is 0 Å². The van der Waals surface area contributed by atoms with Crippen LogP contribution in [0.15, 0.2) is 54.9 Å². The highest BCUT2D eigenvalue weighted by Gasteiger charge is 2.18. The Morgan fingerprint density at radius 1 is 0.926 bits per heavy atom. The van der Waals surface area contributed by atoms with Gasteiger partial charge in [0.15, 0.2) is 0 Å². The lowest BCUT2D eigenvalue weighted by Crippen LogP contribution is -1.89. The zero-order chi connectivity index (χ0) is 18.7. The first-order valence-corrected chi connectivity index (χ1v) is 8.59. The number of nitro benzene ring substituents is 1. The number of nitrogens with zero attached hydrogens (tertiary/aromatic N) is 1. The summed E-state index contributed by atoms with van der Waals surface area (Å²) < 4.78 is 0. The SMILES string of the molecule is O=[N+]([O-])c1ccc(Cl)c(-c2cc3[nH]c4ccc(O)cc4c3c3c[nH]cc23)c1. The summed E-state index contributed by atoms with van der Waals surface area (Å²) in [5.41, 5.74) is 3.13. The highest BCUT2D eigenvalue weighted by molar-refractivity contribution is 6.34. The molecule has 0 radical (unpaired) electrons. The van der Waals surface area contributed by atoms with E-state index in [-0.39, 0.29) is 11.4 Å². The Balaban J connectivity index is 1.91. The van der Waals surface area contributed by atoms with Crippen LogP contribution in [0.25, 0.3) is 43.7 Å². The van der Waals surface area contributed by atoms with Crippen LogP contribution in [0.2, 0.25) is 5.02 Å². The van der Waals surface area contributed by atoms with E-state index < -0.39 is 4.92 Å². The van der Waals surface area contributed by atoms with Gasteiger partial charge in [-0.2, -0.15) is 0 Å². The molecular weight excluding hydrogens is 366 g/mol. The van der Waals surface area contributed by atoms with E-state index in [1.54, 1.807) is 18.2 Å². The molecule has 132 valence electrons. The van der Waals surface area contributed by atoms with Crippen LogP contribution in [0.3, 0.4) is 0 Å². The zero-order valence-electron chi connectivity index (χ0n) is 13.8. The molecule has 0 spiro atoms. The topological polar surface area (TPSA) is 94.9 Å². The van der Waals surface area contributed by atoms with Gasteiger partial charge in [-0.3, -0.25) is 10.1 Å². The van der Waals surface area contributed by atoms with Gasteiger partial charge in [0.1, 0.15) is 5.75 Å². The Hall–Kier alpha value is -3.51. The Morgan fingerprint density at radius 2 is 1.74 bits per heavy atom. The van der Waals surface area contributed by atoms with Crippen LogP contribution in [-0.4, -0.2) is 20.0 Å². The van der Waals surface area contributed by atoms with E-state index >= 15 is 0 Å². The number of phenolic OH excluding ortho intramolecular Hbond substituents is 1. The molecular formula is C20H12ClN3O3. The fourth-order valence-corrected chi connectivity index (χ4v) is 3.89. The fraction of sp³-hybridized carbons (Fsp3) is 0. The number of rotatable bonds is 2. The average molecular weight is 378 g/mol. The molecule has 0 fully saturated rings. The molecule has 2 heterocycles. The van der Waals surface area contributed by atoms with Gasteiger partial charge in [0.2, 0.25) is 0 Å². The smallest absolute Gasteiger partial charge is 0.270 e. The van der Waals surface area contributed by atoms with E-state index in [0.717, 1.165) is 38.1 Å². The van der Waals surface area contributed by atoms with Gasteiger partial charge in [0.25, 0.3) is 5.69 Å². The van der Waals surface area contributed by atoms with Crippen molar-refractivity contribution in [1.29, 1.82) is 0 Å². The number of hydrogen-bond acceptors (Lipinski definition) is 3. The molecule has 3 aromatic carbocycles. The molecule has 3 N–H and O–H groups in total. The predicted molar refractivity (Wildman–Crippen MR) is 106 cm³/mol. The minimum atomic E-state index is -0.432. The molecule has 0 bridgehead atoms. The molecule has 7 heteroatoms. The Bertz CT molecular complexity index is 1380. The van der Waals surface area contributed by atoms with Gasteiger partial charge in [-0.25, -0.2) is 0 Å². The Labute approximate surface area is 157 Å². The normalized spacial score (nSPS) is 11.6. The molecule has 0 saturated heterocycles. The molecule has 0 aliphatic carbocycles. The summed E-state index contributed by atoms with van der Waals surface area (Å²) in [6.07, 6.45) is 3.73. The molecule has 5 rings (SSSR count). The molecule has 2 aromatic heterocycles. The van der Waals surface area contributed by atoms with Crippen molar-refractivity contribution >= 4 is 49.9 Å². The van der Waals surface area contributed by atoms with E-state index in [1.807, 2.05) is 24.5 Å². The van der Waals surface area contributed by atoms with Gasteiger partial charge in [0.05, 0.1) is 4.92 Å². The highest BCUT2D eigenvalue weighted by atomic mass is 35.5. The van der Waals surface area contributed by atoms with E-state index in [1.165, 1.54) is 12.1 Å². The van der Waals surface area contributed by atoms with E-state index in [2.05, 4.69) is 9.97 Å². The number of nitro groups is 1. The molecule has 6 nitrogen and oxygen atoms in total. The van der Waals surface area contributed by atoms with Gasteiger partial charge in [-0.1, -0.05) is 11.6 Å². The summed E-state index contributed by atoms with van der Waals surface area (Å²) in [4.78, 5) is 17.2. The zero-order valence-corrected chi connectivity index (χ0v) is 14.5. The second kappa shape index (κ2) is 5.49. The summed E-state index contributed by atoms with van der Waals surface area (Å²) in [5.74, 6) is 0.192.